The number of hydrogen-bond acceptors (Lipinski definition) is 12. The minimum Gasteiger partial charge on any atom is -0.444 e. The molecule has 0 radical (unpaired) electrons. The van der Waals surface area contributed by atoms with E-state index in [9.17, 15) is 39.4 Å². The van der Waals surface area contributed by atoms with Gasteiger partial charge in [-0.25, -0.2) is 27.2 Å². The van der Waals surface area contributed by atoms with E-state index in [0.29, 0.717) is 38.8 Å². The highest BCUT2D eigenvalue weighted by Crippen LogP contribution is 2.51. The number of rotatable bonds is 10. The number of nitrogens with one attached hydrogen (secondary N) is 2. The molecule has 4 atom stereocenters. The van der Waals surface area contributed by atoms with Gasteiger partial charge in [0.1, 0.15) is 52.0 Å². The summed E-state index contributed by atoms with van der Waals surface area (Å²) in [5.74, 6) is -5.85. The summed E-state index contributed by atoms with van der Waals surface area (Å²) in [5, 5.41) is 30.1. The second kappa shape index (κ2) is 19.7. The van der Waals surface area contributed by atoms with Crippen LogP contribution in [0.25, 0.3) is 0 Å². The number of hydrogen-bond donors (Lipinski definition) is 2. The lowest BCUT2D eigenvalue weighted by Crippen LogP contribution is -2.45. The molecular weight excluding hydrogens is 913 g/mol. The van der Waals surface area contributed by atoms with Crippen molar-refractivity contribution in [1.29, 1.82) is 0 Å². The predicted molar refractivity (Wildman–Crippen MR) is 245 cm³/mol. The van der Waals surface area contributed by atoms with Crippen LogP contribution in [0.5, 0.6) is 0 Å². The number of benzene rings is 3. The fourth-order valence-corrected chi connectivity index (χ4v) is 9.66. The van der Waals surface area contributed by atoms with Crippen molar-refractivity contribution in [3.05, 3.63) is 91.0 Å². The van der Waals surface area contributed by atoms with Crippen LogP contribution in [0.2, 0.25) is 0 Å². The molecule has 3 aromatic rings. The molecule has 0 aromatic heterocycles. The van der Waals surface area contributed by atoms with Crippen LogP contribution < -0.4 is 20.4 Å². The molecule has 7 rings (SSSR count). The zero-order chi connectivity index (χ0) is 50.3. The molecule has 4 aliphatic rings. The first-order valence-corrected chi connectivity index (χ1v) is 23.0. The van der Waals surface area contributed by atoms with Gasteiger partial charge in [0, 0.05) is 67.3 Å². The fraction of sp³-hybridized carbons (Fsp3) is 0.532. The Morgan fingerprint density at radius 3 is 1.36 bits per heavy atom. The van der Waals surface area contributed by atoms with E-state index in [0.717, 1.165) is 42.8 Å². The van der Waals surface area contributed by atoms with E-state index >= 15 is 17.6 Å². The van der Waals surface area contributed by atoms with Crippen LogP contribution in [0.15, 0.2) is 36.4 Å². The van der Waals surface area contributed by atoms with Crippen molar-refractivity contribution in [1.82, 2.24) is 9.80 Å². The van der Waals surface area contributed by atoms with E-state index in [-0.39, 0.29) is 61.3 Å². The molecule has 372 valence electrons. The molecule has 4 amide bonds. The third-order valence-electron chi connectivity index (χ3n) is 12.6. The van der Waals surface area contributed by atoms with Crippen LogP contribution in [0, 0.1) is 43.5 Å². The van der Waals surface area contributed by atoms with E-state index in [1.807, 2.05) is 0 Å². The van der Waals surface area contributed by atoms with E-state index in [1.54, 1.807) is 46.4 Å². The predicted octanol–water partition coefficient (Wildman–Crippen LogP) is 9.81. The second-order valence-corrected chi connectivity index (χ2v) is 19.8. The average Bonchev–Trinajstić information content (AvgIpc) is 4.04. The number of piperidine rings is 1. The van der Waals surface area contributed by atoms with Gasteiger partial charge in [0.15, 0.2) is 11.6 Å². The quantitative estimate of drug-likeness (QED) is 0.111. The smallest absolute Gasteiger partial charge is 0.410 e. The summed E-state index contributed by atoms with van der Waals surface area (Å²) in [6.07, 6.45) is 1.66. The Bertz CT molecular complexity index is 2390. The molecule has 3 aromatic carbocycles. The average molecular weight is 969 g/mol. The zero-order valence-corrected chi connectivity index (χ0v) is 39.2. The summed E-state index contributed by atoms with van der Waals surface area (Å²) in [7, 11) is 0. The standard InChI is InChI=1S/C47H56F4N8O10/c1-46(2,3)68-44(62)55-18-10-12-37(55)42(60)52-33-24-29(48)27(22-39(33)58(64)65)35-14-15-36(57(35)26-20-31(50)41(32(51)21-26)54-16-8-7-9-17-54)28-23-40(59(66)67)34(25-30(28)49)53-43(61)38-13-11-19-56(38)45(63)69-47(4,5)6/h20-25,35-38H,7-19H2,1-6H3,(H,52,60)(H,53,61)/t35-,36-,37?,38?/m1/s1. The van der Waals surface area contributed by atoms with Crippen LogP contribution in [0.3, 0.4) is 0 Å². The highest BCUT2D eigenvalue weighted by molar-refractivity contribution is 5.99. The number of likely N-dealkylation sites (tertiary alicyclic amines) is 2. The van der Waals surface area contributed by atoms with Gasteiger partial charge in [0.2, 0.25) is 11.8 Å². The van der Waals surface area contributed by atoms with Gasteiger partial charge in [-0.05, 0) is 111 Å². The molecule has 0 bridgehead atoms. The molecule has 4 aliphatic heterocycles. The maximum absolute atomic E-state index is 16.7. The van der Waals surface area contributed by atoms with Crippen molar-refractivity contribution >= 4 is 58.1 Å². The number of anilines is 4. The van der Waals surface area contributed by atoms with Crippen LogP contribution >= 0.6 is 0 Å². The largest absolute Gasteiger partial charge is 0.444 e. The minimum absolute atomic E-state index is 0.123. The highest BCUT2D eigenvalue weighted by atomic mass is 19.1. The lowest BCUT2D eigenvalue weighted by Gasteiger charge is -2.35. The third kappa shape index (κ3) is 10.9. The van der Waals surface area contributed by atoms with E-state index < -0.39 is 115 Å². The molecule has 2 unspecified atom stereocenters. The first-order valence-electron chi connectivity index (χ1n) is 23.0. The number of nitrogens with zero attached hydrogens (tertiary/aromatic N) is 6. The van der Waals surface area contributed by atoms with Gasteiger partial charge >= 0.3 is 12.2 Å². The molecular formula is C47H56F4N8O10. The number of amides is 4. The van der Waals surface area contributed by atoms with Gasteiger partial charge in [0.25, 0.3) is 11.4 Å². The second-order valence-electron chi connectivity index (χ2n) is 19.8. The Morgan fingerprint density at radius 1 is 0.580 bits per heavy atom. The Hall–Kier alpha value is -6.74. The number of carbonyl (C=O) groups excluding carboxylic acids is 4. The zero-order valence-electron chi connectivity index (χ0n) is 39.2. The summed E-state index contributed by atoms with van der Waals surface area (Å²) in [6, 6.07) is 0.320. The van der Waals surface area contributed by atoms with Crippen LogP contribution in [-0.4, -0.2) is 93.1 Å². The number of ether oxygens (including phenoxy) is 2. The minimum atomic E-state index is -1.31. The SMILES string of the molecule is CC(C)(C)OC(=O)N1CCCC1C(=O)Nc1cc(F)c([C@H]2CC[C@H](c3cc([N+](=O)[O-])c(NC(=O)C4CCCN4C(=O)OC(C)(C)C)cc3F)N2c2cc(F)c(N3CCCCC3)c(F)c2)cc1[N+](=O)[O-]. The van der Waals surface area contributed by atoms with E-state index in [4.69, 9.17) is 9.47 Å². The Kier molecular flexibility index (Phi) is 14.3. The summed E-state index contributed by atoms with van der Waals surface area (Å²) < 4.78 is 76.7. The molecule has 0 saturated carbocycles. The number of nitro groups is 2. The fourth-order valence-electron chi connectivity index (χ4n) is 9.66. The first kappa shape index (κ1) is 50.1. The Balaban J connectivity index is 1.26. The van der Waals surface area contributed by atoms with Crippen molar-refractivity contribution < 1.29 is 56.1 Å². The molecule has 18 nitrogen and oxygen atoms in total. The summed E-state index contributed by atoms with van der Waals surface area (Å²) in [6.45, 7) is 11.0. The summed E-state index contributed by atoms with van der Waals surface area (Å²) >= 11 is 0. The molecule has 4 saturated heterocycles. The summed E-state index contributed by atoms with van der Waals surface area (Å²) in [4.78, 5) is 81.8. The topological polar surface area (TPSA) is 210 Å². The molecule has 0 spiro atoms. The number of halogens is 4. The Labute approximate surface area is 395 Å². The van der Waals surface area contributed by atoms with Gasteiger partial charge in [-0.1, -0.05) is 0 Å². The summed E-state index contributed by atoms with van der Waals surface area (Å²) in [5.41, 5.74) is -5.68. The van der Waals surface area contributed by atoms with Gasteiger partial charge in [-0.2, -0.15) is 0 Å². The lowest BCUT2D eigenvalue weighted by atomic mass is 10.0. The van der Waals surface area contributed by atoms with E-state index in [1.165, 1.54) is 14.7 Å². The van der Waals surface area contributed by atoms with Crippen molar-refractivity contribution in [3.8, 4) is 0 Å². The maximum atomic E-state index is 16.7. The molecule has 69 heavy (non-hydrogen) atoms. The number of nitro benzene ring substituents is 2. The van der Waals surface area contributed by atoms with Crippen LogP contribution in [0.1, 0.15) is 123 Å². The van der Waals surface area contributed by atoms with Crippen molar-refractivity contribution in [3.63, 3.8) is 0 Å². The van der Waals surface area contributed by atoms with Crippen molar-refractivity contribution in [2.75, 3.05) is 46.6 Å². The Morgan fingerprint density at radius 2 is 0.986 bits per heavy atom. The number of carbonyl (C=O) groups is 4. The van der Waals surface area contributed by atoms with Gasteiger partial charge < -0.3 is 29.9 Å². The molecule has 22 heteroatoms. The van der Waals surface area contributed by atoms with Crippen molar-refractivity contribution in [2.24, 2.45) is 0 Å². The van der Waals surface area contributed by atoms with Gasteiger partial charge in [-0.15, -0.1) is 0 Å². The molecule has 0 aliphatic carbocycles. The molecule has 4 fully saturated rings. The third-order valence-corrected chi connectivity index (χ3v) is 12.6. The van der Waals surface area contributed by atoms with Crippen LogP contribution in [0.4, 0.5) is 61.3 Å². The van der Waals surface area contributed by atoms with Crippen LogP contribution in [-0.2, 0) is 19.1 Å². The maximum Gasteiger partial charge on any atom is 0.410 e. The highest BCUT2D eigenvalue weighted by Gasteiger charge is 2.43. The lowest BCUT2D eigenvalue weighted by molar-refractivity contribution is -0.384. The van der Waals surface area contributed by atoms with Gasteiger partial charge in [0.05, 0.1) is 21.9 Å². The molecule has 2 N–H and O–H groups in total. The van der Waals surface area contributed by atoms with Crippen molar-refractivity contribution in [2.45, 2.75) is 135 Å². The monoisotopic (exact) mass is 968 g/mol. The van der Waals surface area contributed by atoms with Gasteiger partial charge in [-0.3, -0.25) is 39.6 Å². The molecule has 4 heterocycles. The van der Waals surface area contributed by atoms with E-state index in [2.05, 4.69) is 10.6 Å². The first-order chi connectivity index (χ1) is 32.4. The normalized spacial score (nSPS) is 20.8.